The molecule has 12 heavy (non-hydrogen) atoms. The SMILES string of the molecule is Nc1ccc(NS(=O)(=O)[O-])cc1. The summed E-state index contributed by atoms with van der Waals surface area (Å²) in [6.07, 6.45) is 0. The maximum absolute atomic E-state index is 10.2. The molecule has 5 nitrogen and oxygen atoms in total. The van der Waals surface area contributed by atoms with Gasteiger partial charge in [0.1, 0.15) is 0 Å². The van der Waals surface area contributed by atoms with Crippen LogP contribution in [-0.2, 0) is 10.3 Å². The number of benzene rings is 1. The third kappa shape index (κ3) is 2.77. The van der Waals surface area contributed by atoms with Gasteiger partial charge in [-0.15, -0.1) is 0 Å². The Hall–Kier alpha value is -1.27. The van der Waals surface area contributed by atoms with E-state index in [0.717, 1.165) is 0 Å². The normalized spacial score (nSPS) is 11.1. The van der Waals surface area contributed by atoms with E-state index in [1.54, 1.807) is 4.72 Å². The molecule has 0 saturated heterocycles. The van der Waals surface area contributed by atoms with Crippen molar-refractivity contribution in [1.29, 1.82) is 0 Å². The second-order valence-electron chi connectivity index (χ2n) is 2.18. The second-order valence-corrected chi connectivity index (χ2v) is 3.29. The van der Waals surface area contributed by atoms with E-state index in [1.807, 2.05) is 0 Å². The van der Waals surface area contributed by atoms with Crippen molar-refractivity contribution in [2.75, 3.05) is 10.5 Å². The molecule has 0 amide bonds. The number of hydrogen-bond donors (Lipinski definition) is 2. The Bertz CT molecular complexity index is 357. The minimum absolute atomic E-state index is 0.208. The lowest BCUT2D eigenvalue weighted by Crippen LogP contribution is -2.10. The van der Waals surface area contributed by atoms with Crippen molar-refractivity contribution in [3.05, 3.63) is 24.3 Å². The summed E-state index contributed by atoms with van der Waals surface area (Å²) in [7, 11) is -4.43. The summed E-state index contributed by atoms with van der Waals surface area (Å²) in [5.41, 5.74) is 6.05. The predicted octanol–water partition coefficient (Wildman–Crippen LogP) is 0.141. The standard InChI is InChI=1S/C6H8N2O3S/c7-5-1-3-6(4-2-5)8-12(9,10)11/h1-4,8H,7H2,(H,9,10,11)/p-1. The summed E-state index contributed by atoms with van der Waals surface area (Å²) in [6.45, 7) is 0. The molecule has 1 rings (SSSR count). The van der Waals surface area contributed by atoms with Gasteiger partial charge in [0.25, 0.3) is 0 Å². The molecule has 1 aromatic rings. The van der Waals surface area contributed by atoms with Crippen LogP contribution >= 0.6 is 0 Å². The number of hydrogen-bond acceptors (Lipinski definition) is 4. The van der Waals surface area contributed by atoms with E-state index in [9.17, 15) is 13.0 Å². The molecule has 3 N–H and O–H groups in total. The molecule has 0 heterocycles. The van der Waals surface area contributed by atoms with Crippen LogP contribution in [0.1, 0.15) is 0 Å². The minimum atomic E-state index is -4.43. The maximum Gasteiger partial charge on any atom is 0.181 e. The van der Waals surface area contributed by atoms with Crippen LogP contribution in [0.3, 0.4) is 0 Å². The molecule has 66 valence electrons. The number of anilines is 2. The van der Waals surface area contributed by atoms with E-state index in [4.69, 9.17) is 5.73 Å². The van der Waals surface area contributed by atoms with Gasteiger partial charge in [0.15, 0.2) is 10.3 Å². The highest BCUT2D eigenvalue weighted by molar-refractivity contribution is 7.87. The Balaban J connectivity index is 2.85. The van der Waals surface area contributed by atoms with Crippen LogP contribution in [0.15, 0.2) is 24.3 Å². The Labute approximate surface area is 70.1 Å². The van der Waals surface area contributed by atoms with Gasteiger partial charge in [-0.1, -0.05) is 0 Å². The van der Waals surface area contributed by atoms with Crippen molar-refractivity contribution in [2.45, 2.75) is 0 Å². The van der Waals surface area contributed by atoms with E-state index in [0.29, 0.717) is 5.69 Å². The van der Waals surface area contributed by atoms with Gasteiger partial charge in [-0.2, -0.15) is 0 Å². The fourth-order valence-electron chi connectivity index (χ4n) is 0.695. The first-order valence-corrected chi connectivity index (χ1v) is 4.47. The van der Waals surface area contributed by atoms with Gasteiger partial charge in [0, 0.05) is 11.4 Å². The van der Waals surface area contributed by atoms with Crippen LogP contribution in [-0.4, -0.2) is 13.0 Å². The third-order valence-electron chi connectivity index (χ3n) is 1.15. The van der Waals surface area contributed by atoms with Crippen LogP contribution in [0.5, 0.6) is 0 Å². The van der Waals surface area contributed by atoms with Crippen molar-refractivity contribution < 1.29 is 13.0 Å². The van der Waals surface area contributed by atoms with E-state index in [-0.39, 0.29) is 5.69 Å². The quantitative estimate of drug-likeness (QED) is 0.508. The Kier molecular flexibility index (Phi) is 2.20. The number of nitrogens with two attached hydrogens (primary N) is 1. The summed E-state index contributed by atoms with van der Waals surface area (Å²) >= 11 is 0. The fraction of sp³-hybridized carbons (Fsp3) is 0. The first-order valence-electron chi connectivity index (χ1n) is 3.06. The summed E-state index contributed by atoms with van der Waals surface area (Å²) in [6, 6.07) is 5.80. The van der Waals surface area contributed by atoms with Gasteiger partial charge in [0.05, 0.1) is 0 Å². The van der Waals surface area contributed by atoms with Crippen molar-refractivity contribution >= 4 is 21.7 Å². The van der Waals surface area contributed by atoms with Crippen molar-refractivity contribution in [1.82, 2.24) is 0 Å². The van der Waals surface area contributed by atoms with E-state index < -0.39 is 10.3 Å². The fourth-order valence-corrected chi connectivity index (χ4v) is 1.12. The average molecular weight is 187 g/mol. The molecule has 0 spiro atoms. The third-order valence-corrected chi connectivity index (χ3v) is 1.64. The molecule has 0 atom stereocenters. The Morgan fingerprint density at radius 1 is 1.25 bits per heavy atom. The van der Waals surface area contributed by atoms with Crippen molar-refractivity contribution in [2.24, 2.45) is 0 Å². The van der Waals surface area contributed by atoms with Gasteiger partial charge in [0.2, 0.25) is 0 Å². The number of rotatable bonds is 2. The highest BCUT2D eigenvalue weighted by atomic mass is 32.2. The number of nitrogens with one attached hydrogen (secondary N) is 1. The maximum atomic E-state index is 10.2. The zero-order valence-corrected chi connectivity index (χ0v) is 6.84. The first kappa shape index (κ1) is 8.82. The highest BCUT2D eigenvalue weighted by Gasteiger charge is 1.94. The van der Waals surface area contributed by atoms with E-state index >= 15 is 0 Å². The molecule has 0 bridgehead atoms. The Morgan fingerprint density at radius 2 is 1.75 bits per heavy atom. The van der Waals surface area contributed by atoms with Crippen LogP contribution in [0.2, 0.25) is 0 Å². The zero-order chi connectivity index (χ0) is 9.19. The van der Waals surface area contributed by atoms with E-state index in [2.05, 4.69) is 0 Å². The molecule has 1 aromatic carbocycles. The lowest BCUT2D eigenvalue weighted by Gasteiger charge is -2.09. The first-order chi connectivity index (χ1) is 5.47. The van der Waals surface area contributed by atoms with Crippen molar-refractivity contribution in [3.63, 3.8) is 0 Å². The minimum Gasteiger partial charge on any atom is -0.731 e. The Morgan fingerprint density at radius 3 is 2.17 bits per heavy atom. The average Bonchev–Trinajstić information content (AvgIpc) is 1.91. The van der Waals surface area contributed by atoms with Gasteiger partial charge in [-0.25, -0.2) is 8.42 Å². The molecule has 0 saturated carbocycles. The van der Waals surface area contributed by atoms with Crippen molar-refractivity contribution in [3.8, 4) is 0 Å². The number of nitrogen functional groups attached to an aromatic ring is 1. The summed E-state index contributed by atoms with van der Waals surface area (Å²) < 4.78 is 32.3. The molecule has 0 aliphatic carbocycles. The van der Waals surface area contributed by atoms with Gasteiger partial charge < -0.3 is 10.3 Å². The second kappa shape index (κ2) is 3.00. The van der Waals surface area contributed by atoms with Crippen LogP contribution in [0, 0.1) is 0 Å². The molecular weight excluding hydrogens is 180 g/mol. The van der Waals surface area contributed by atoms with Crippen LogP contribution in [0.25, 0.3) is 0 Å². The molecule has 0 unspecified atom stereocenters. The topological polar surface area (TPSA) is 95.2 Å². The van der Waals surface area contributed by atoms with Gasteiger partial charge in [-0.05, 0) is 24.3 Å². The smallest absolute Gasteiger partial charge is 0.181 e. The summed E-state index contributed by atoms with van der Waals surface area (Å²) in [5.74, 6) is 0. The van der Waals surface area contributed by atoms with Crippen LogP contribution < -0.4 is 10.5 Å². The monoisotopic (exact) mass is 187 g/mol. The zero-order valence-electron chi connectivity index (χ0n) is 6.02. The molecular formula is C6H7N2O3S-. The lowest BCUT2D eigenvalue weighted by atomic mass is 10.3. The predicted molar refractivity (Wildman–Crippen MR) is 44.2 cm³/mol. The molecule has 0 radical (unpaired) electrons. The highest BCUT2D eigenvalue weighted by Crippen LogP contribution is 2.10. The largest absolute Gasteiger partial charge is 0.731 e. The molecule has 0 fully saturated rings. The van der Waals surface area contributed by atoms with Gasteiger partial charge >= 0.3 is 0 Å². The molecule has 0 aromatic heterocycles. The van der Waals surface area contributed by atoms with Gasteiger partial charge in [-0.3, -0.25) is 4.72 Å². The summed E-state index contributed by atoms with van der Waals surface area (Å²) in [5, 5.41) is 0. The van der Waals surface area contributed by atoms with Crippen LogP contribution in [0.4, 0.5) is 11.4 Å². The molecule has 0 aliphatic heterocycles. The summed E-state index contributed by atoms with van der Waals surface area (Å²) in [4.78, 5) is 0. The lowest BCUT2D eigenvalue weighted by molar-refractivity contribution is 0.469. The molecule has 0 aliphatic rings. The van der Waals surface area contributed by atoms with E-state index in [1.165, 1.54) is 24.3 Å². The molecule has 6 heteroatoms.